The van der Waals surface area contributed by atoms with Crippen LogP contribution in [-0.4, -0.2) is 35.8 Å². The van der Waals surface area contributed by atoms with Crippen molar-refractivity contribution in [2.45, 2.75) is 12.8 Å². The number of nitrogens with zero attached hydrogens (tertiary/aromatic N) is 1. The monoisotopic (exact) mass is 417 g/mol. The number of carbonyl (C=O) groups excluding carboxylic acids is 1. The quantitative estimate of drug-likeness (QED) is 0.732. The van der Waals surface area contributed by atoms with Crippen LogP contribution in [0.15, 0.2) is 42.5 Å². The molecule has 2 heterocycles. The molecule has 0 atom stereocenters. The molecule has 8 heteroatoms. The van der Waals surface area contributed by atoms with Gasteiger partial charge in [0, 0.05) is 41.5 Å². The summed E-state index contributed by atoms with van der Waals surface area (Å²) in [6.07, 6.45) is 1.50. The fourth-order valence-electron chi connectivity index (χ4n) is 3.30. The number of carbonyl (C=O) groups is 1. The van der Waals surface area contributed by atoms with Crippen LogP contribution in [0.3, 0.4) is 0 Å². The Labute approximate surface area is 173 Å². The van der Waals surface area contributed by atoms with Crippen LogP contribution in [0, 0.1) is 5.92 Å². The van der Waals surface area contributed by atoms with Gasteiger partial charge < -0.3 is 25.0 Å². The largest absolute Gasteiger partial charge is 0.454 e. The van der Waals surface area contributed by atoms with Gasteiger partial charge in [0.15, 0.2) is 16.6 Å². The van der Waals surface area contributed by atoms with Crippen molar-refractivity contribution in [2.24, 2.45) is 5.92 Å². The number of benzene rings is 2. The van der Waals surface area contributed by atoms with Crippen LogP contribution < -0.4 is 20.1 Å². The first-order valence-corrected chi connectivity index (χ1v) is 9.89. The third-order valence-electron chi connectivity index (χ3n) is 4.89. The number of likely N-dealkylation sites (tertiary alicyclic amines) is 1. The van der Waals surface area contributed by atoms with Crippen LogP contribution in [0.2, 0.25) is 5.02 Å². The van der Waals surface area contributed by atoms with Gasteiger partial charge in [-0.05, 0) is 61.5 Å². The molecule has 2 N–H and O–H groups in total. The number of amides is 1. The zero-order chi connectivity index (χ0) is 19.5. The SMILES string of the molecule is O=C(Nc1ccc2c(c1)OCO2)C1CCN(C(=S)Nc2ccc(Cl)cc2)CC1. The first-order chi connectivity index (χ1) is 13.6. The standard InChI is InChI=1S/C20H20ClN3O3S/c21-14-1-3-15(4-2-14)23-20(28)24-9-7-13(8-10-24)19(25)22-16-5-6-17-18(11-16)27-12-26-17/h1-6,11,13H,7-10,12H2,(H,22,25)(H,23,28). The van der Waals surface area contributed by atoms with Gasteiger partial charge in [-0.3, -0.25) is 4.79 Å². The Balaban J connectivity index is 1.28. The van der Waals surface area contributed by atoms with E-state index in [0.29, 0.717) is 21.6 Å². The van der Waals surface area contributed by atoms with Crippen molar-refractivity contribution in [1.82, 2.24) is 4.90 Å². The molecule has 2 aliphatic heterocycles. The second-order valence-electron chi connectivity index (χ2n) is 6.76. The summed E-state index contributed by atoms with van der Waals surface area (Å²) < 4.78 is 10.6. The molecule has 6 nitrogen and oxygen atoms in total. The number of anilines is 2. The van der Waals surface area contributed by atoms with Crippen molar-refractivity contribution < 1.29 is 14.3 Å². The highest BCUT2D eigenvalue weighted by molar-refractivity contribution is 7.80. The molecule has 0 saturated carbocycles. The highest BCUT2D eigenvalue weighted by atomic mass is 35.5. The Morgan fingerprint density at radius 2 is 1.68 bits per heavy atom. The Morgan fingerprint density at radius 3 is 2.43 bits per heavy atom. The van der Waals surface area contributed by atoms with Gasteiger partial charge >= 0.3 is 0 Å². The van der Waals surface area contributed by atoms with Gasteiger partial charge in [-0.1, -0.05) is 11.6 Å². The van der Waals surface area contributed by atoms with Gasteiger partial charge in [0.05, 0.1) is 0 Å². The molecular weight excluding hydrogens is 398 g/mol. The first kappa shape index (κ1) is 18.8. The highest BCUT2D eigenvalue weighted by Crippen LogP contribution is 2.34. The molecule has 28 heavy (non-hydrogen) atoms. The summed E-state index contributed by atoms with van der Waals surface area (Å²) in [6, 6.07) is 12.8. The molecule has 2 aromatic rings. The predicted molar refractivity (Wildman–Crippen MR) is 113 cm³/mol. The lowest BCUT2D eigenvalue weighted by Gasteiger charge is -2.33. The maximum atomic E-state index is 12.6. The van der Waals surface area contributed by atoms with Crippen molar-refractivity contribution in [2.75, 3.05) is 30.5 Å². The van der Waals surface area contributed by atoms with Gasteiger partial charge in [-0.2, -0.15) is 0 Å². The minimum atomic E-state index is -0.0417. The lowest BCUT2D eigenvalue weighted by molar-refractivity contribution is -0.120. The molecule has 1 amide bonds. The molecule has 0 radical (unpaired) electrons. The average molecular weight is 418 g/mol. The minimum Gasteiger partial charge on any atom is -0.454 e. The average Bonchev–Trinajstić information content (AvgIpc) is 3.17. The van der Waals surface area contributed by atoms with E-state index >= 15 is 0 Å². The van der Waals surface area contributed by atoms with E-state index in [2.05, 4.69) is 15.5 Å². The summed E-state index contributed by atoms with van der Waals surface area (Å²) >= 11 is 11.4. The third-order valence-corrected chi connectivity index (χ3v) is 5.50. The Bertz CT molecular complexity index is 883. The van der Waals surface area contributed by atoms with Crippen molar-refractivity contribution >= 4 is 46.2 Å². The van der Waals surface area contributed by atoms with E-state index in [1.807, 2.05) is 30.3 Å². The van der Waals surface area contributed by atoms with Gasteiger partial charge in [0.1, 0.15) is 0 Å². The third kappa shape index (κ3) is 4.31. The maximum Gasteiger partial charge on any atom is 0.231 e. The minimum absolute atomic E-state index is 0.0232. The number of rotatable bonds is 3. The van der Waals surface area contributed by atoms with Gasteiger partial charge in [-0.15, -0.1) is 0 Å². The summed E-state index contributed by atoms with van der Waals surface area (Å²) in [5.41, 5.74) is 1.62. The molecule has 146 valence electrons. The van der Waals surface area contributed by atoms with Crippen LogP contribution in [0.5, 0.6) is 11.5 Å². The molecular formula is C20H20ClN3O3S. The molecule has 1 saturated heterocycles. The first-order valence-electron chi connectivity index (χ1n) is 9.10. The number of hydrogen-bond acceptors (Lipinski definition) is 4. The lowest BCUT2D eigenvalue weighted by atomic mass is 9.96. The summed E-state index contributed by atoms with van der Waals surface area (Å²) in [5.74, 6) is 1.34. The molecule has 0 aliphatic carbocycles. The number of nitrogens with one attached hydrogen (secondary N) is 2. The van der Waals surface area contributed by atoms with E-state index in [0.717, 1.165) is 37.3 Å². The second-order valence-corrected chi connectivity index (χ2v) is 7.58. The van der Waals surface area contributed by atoms with Crippen LogP contribution in [0.25, 0.3) is 0 Å². The van der Waals surface area contributed by atoms with Gasteiger partial charge in [0.25, 0.3) is 0 Å². The van der Waals surface area contributed by atoms with Crippen molar-refractivity contribution in [3.8, 4) is 11.5 Å². The van der Waals surface area contributed by atoms with E-state index in [9.17, 15) is 4.79 Å². The Kier molecular flexibility index (Phi) is 5.54. The smallest absolute Gasteiger partial charge is 0.231 e. The number of piperidine rings is 1. The normalized spacial score (nSPS) is 16.0. The molecule has 2 aromatic carbocycles. The molecule has 0 bridgehead atoms. The Hall–Kier alpha value is -2.51. The fourth-order valence-corrected chi connectivity index (χ4v) is 3.73. The number of hydrogen-bond donors (Lipinski definition) is 2. The number of fused-ring (bicyclic) bond motifs is 1. The number of thiocarbonyl (C=S) groups is 1. The van der Waals surface area contributed by atoms with Crippen LogP contribution in [0.1, 0.15) is 12.8 Å². The number of ether oxygens (including phenoxy) is 2. The number of halogens is 1. The molecule has 1 fully saturated rings. The van der Waals surface area contributed by atoms with E-state index in [1.165, 1.54) is 0 Å². The maximum absolute atomic E-state index is 12.6. The molecule has 2 aliphatic rings. The highest BCUT2D eigenvalue weighted by Gasteiger charge is 2.26. The van der Waals surface area contributed by atoms with Crippen LogP contribution in [0.4, 0.5) is 11.4 Å². The zero-order valence-corrected chi connectivity index (χ0v) is 16.7. The van der Waals surface area contributed by atoms with Gasteiger partial charge in [0.2, 0.25) is 12.7 Å². The van der Waals surface area contributed by atoms with Crippen molar-refractivity contribution in [1.29, 1.82) is 0 Å². The lowest BCUT2D eigenvalue weighted by Crippen LogP contribution is -2.43. The van der Waals surface area contributed by atoms with Crippen LogP contribution >= 0.6 is 23.8 Å². The predicted octanol–water partition coefficient (Wildman–Crippen LogP) is 4.12. The van der Waals surface area contributed by atoms with Crippen LogP contribution in [-0.2, 0) is 4.79 Å². The van der Waals surface area contributed by atoms with E-state index in [1.54, 1.807) is 12.1 Å². The summed E-state index contributed by atoms with van der Waals surface area (Å²) in [6.45, 7) is 1.69. The molecule has 0 spiro atoms. The molecule has 4 rings (SSSR count). The fraction of sp³-hybridized carbons (Fsp3) is 0.300. The van der Waals surface area contributed by atoms with Crippen molar-refractivity contribution in [3.63, 3.8) is 0 Å². The van der Waals surface area contributed by atoms with Gasteiger partial charge in [-0.25, -0.2) is 0 Å². The Morgan fingerprint density at radius 1 is 1.00 bits per heavy atom. The van der Waals surface area contributed by atoms with Crippen molar-refractivity contribution in [3.05, 3.63) is 47.5 Å². The second kappa shape index (κ2) is 8.24. The molecule has 0 unspecified atom stereocenters. The molecule has 0 aromatic heterocycles. The zero-order valence-electron chi connectivity index (χ0n) is 15.1. The van der Waals surface area contributed by atoms with E-state index in [-0.39, 0.29) is 18.6 Å². The summed E-state index contributed by atoms with van der Waals surface area (Å²) in [5, 5.41) is 7.55. The topological polar surface area (TPSA) is 62.8 Å². The van der Waals surface area contributed by atoms with E-state index in [4.69, 9.17) is 33.3 Å². The summed E-state index contributed by atoms with van der Waals surface area (Å²) in [7, 11) is 0. The van der Waals surface area contributed by atoms with E-state index < -0.39 is 0 Å². The summed E-state index contributed by atoms with van der Waals surface area (Å²) in [4.78, 5) is 14.7.